The first-order chi connectivity index (χ1) is 11.2. The average molecular weight is 313 g/mol. The Morgan fingerprint density at radius 1 is 1.04 bits per heavy atom. The molecular weight excluding hydrogens is 286 g/mol. The van der Waals surface area contributed by atoms with Crippen LogP contribution in [-0.2, 0) is 6.42 Å². The molecule has 2 aromatic rings. The molecule has 0 aliphatic carbocycles. The first-order valence-electron chi connectivity index (χ1n) is 8.37. The molecule has 2 atom stereocenters. The van der Waals surface area contributed by atoms with Crippen molar-refractivity contribution in [2.75, 3.05) is 13.2 Å². The van der Waals surface area contributed by atoms with Gasteiger partial charge in [-0.1, -0.05) is 49.4 Å². The Morgan fingerprint density at radius 3 is 2.39 bits per heavy atom. The van der Waals surface area contributed by atoms with E-state index in [2.05, 4.69) is 36.5 Å². The van der Waals surface area contributed by atoms with Crippen molar-refractivity contribution in [2.45, 2.75) is 38.8 Å². The van der Waals surface area contributed by atoms with Gasteiger partial charge in [-0.3, -0.25) is 0 Å². The van der Waals surface area contributed by atoms with Gasteiger partial charge in [-0.05, 0) is 43.0 Å². The van der Waals surface area contributed by atoms with Crippen molar-refractivity contribution in [2.24, 2.45) is 0 Å². The zero-order valence-corrected chi connectivity index (χ0v) is 14.0. The van der Waals surface area contributed by atoms with Gasteiger partial charge in [0.25, 0.3) is 0 Å². The molecule has 2 rings (SSSR count). The quantitative estimate of drug-likeness (QED) is 0.693. The van der Waals surface area contributed by atoms with Crippen LogP contribution in [0.2, 0.25) is 0 Å². The Kier molecular flexibility index (Phi) is 7.11. The van der Waals surface area contributed by atoms with Gasteiger partial charge >= 0.3 is 0 Å². The van der Waals surface area contributed by atoms with Crippen LogP contribution in [0.3, 0.4) is 0 Å². The molecule has 2 aromatic carbocycles. The molecule has 0 fully saturated rings. The summed E-state index contributed by atoms with van der Waals surface area (Å²) in [6, 6.07) is 18.6. The van der Waals surface area contributed by atoms with Gasteiger partial charge < -0.3 is 15.2 Å². The Hall–Kier alpha value is -1.84. The number of aliphatic hydroxyl groups excluding tert-OH is 1. The van der Waals surface area contributed by atoms with E-state index in [4.69, 9.17) is 4.74 Å². The van der Waals surface area contributed by atoms with Crippen molar-refractivity contribution in [1.82, 2.24) is 5.32 Å². The molecule has 0 bridgehead atoms. The number of hydrogen-bond donors (Lipinski definition) is 2. The highest BCUT2D eigenvalue weighted by Gasteiger charge is 2.05. The minimum Gasteiger partial charge on any atom is -0.492 e. The maximum atomic E-state index is 9.77. The summed E-state index contributed by atoms with van der Waals surface area (Å²) in [7, 11) is 0. The summed E-state index contributed by atoms with van der Waals surface area (Å²) >= 11 is 0. The molecule has 3 nitrogen and oxygen atoms in total. The lowest BCUT2D eigenvalue weighted by Gasteiger charge is -2.15. The highest BCUT2D eigenvalue weighted by molar-refractivity contribution is 5.28. The maximum absolute atomic E-state index is 9.77. The van der Waals surface area contributed by atoms with E-state index in [-0.39, 0.29) is 6.10 Å². The normalized spacial score (nSPS) is 13.5. The summed E-state index contributed by atoms with van der Waals surface area (Å²) < 4.78 is 5.73. The van der Waals surface area contributed by atoms with E-state index in [0.717, 1.165) is 30.7 Å². The summed E-state index contributed by atoms with van der Waals surface area (Å²) in [5.74, 6) is 0.842. The average Bonchev–Trinajstić information content (AvgIpc) is 2.59. The van der Waals surface area contributed by atoms with E-state index in [1.165, 1.54) is 5.56 Å². The highest BCUT2D eigenvalue weighted by atomic mass is 16.5. The van der Waals surface area contributed by atoms with Crippen molar-refractivity contribution in [3.63, 3.8) is 0 Å². The molecule has 3 heteroatoms. The Labute approximate surface area is 139 Å². The van der Waals surface area contributed by atoms with Gasteiger partial charge in [0.15, 0.2) is 0 Å². The van der Waals surface area contributed by atoms with Gasteiger partial charge in [0.1, 0.15) is 12.4 Å². The van der Waals surface area contributed by atoms with E-state index < -0.39 is 0 Å². The highest BCUT2D eigenvalue weighted by Crippen LogP contribution is 2.19. The van der Waals surface area contributed by atoms with Crippen LogP contribution in [-0.4, -0.2) is 24.3 Å². The van der Waals surface area contributed by atoms with Crippen molar-refractivity contribution in [3.05, 3.63) is 65.7 Å². The summed E-state index contributed by atoms with van der Waals surface area (Å²) in [5, 5.41) is 13.2. The Balaban J connectivity index is 1.67. The molecule has 0 aliphatic rings. The molecule has 0 aliphatic heterocycles. The molecule has 0 radical (unpaired) electrons. The van der Waals surface area contributed by atoms with Crippen LogP contribution >= 0.6 is 0 Å². The van der Waals surface area contributed by atoms with Crippen LogP contribution in [0.25, 0.3) is 0 Å². The van der Waals surface area contributed by atoms with E-state index >= 15 is 0 Å². The van der Waals surface area contributed by atoms with Crippen molar-refractivity contribution >= 4 is 0 Å². The van der Waals surface area contributed by atoms with Crippen LogP contribution in [0, 0.1) is 0 Å². The monoisotopic (exact) mass is 313 g/mol. The first-order valence-corrected chi connectivity index (χ1v) is 8.37. The zero-order valence-electron chi connectivity index (χ0n) is 14.0. The Bertz CT molecular complexity index is 554. The molecular formula is C20H27NO2. The smallest absolute Gasteiger partial charge is 0.119 e. The fourth-order valence-corrected chi connectivity index (χ4v) is 2.54. The topological polar surface area (TPSA) is 41.5 Å². The molecule has 0 saturated heterocycles. The number of hydrogen-bond acceptors (Lipinski definition) is 3. The van der Waals surface area contributed by atoms with Gasteiger partial charge in [0.05, 0.1) is 6.10 Å². The number of benzene rings is 2. The van der Waals surface area contributed by atoms with Gasteiger partial charge in [-0.25, -0.2) is 0 Å². The van der Waals surface area contributed by atoms with Gasteiger partial charge in [-0.2, -0.15) is 0 Å². The third kappa shape index (κ3) is 6.05. The summed E-state index contributed by atoms with van der Waals surface area (Å²) in [4.78, 5) is 0. The van der Waals surface area contributed by atoms with Gasteiger partial charge in [0.2, 0.25) is 0 Å². The molecule has 0 unspecified atom stereocenters. The number of nitrogens with one attached hydrogen (secondary N) is 1. The maximum Gasteiger partial charge on any atom is 0.119 e. The van der Waals surface area contributed by atoms with Gasteiger partial charge in [-0.15, -0.1) is 0 Å². The molecule has 0 saturated carbocycles. The molecule has 23 heavy (non-hydrogen) atoms. The number of ether oxygens (including phenoxy) is 1. The second kappa shape index (κ2) is 9.33. The van der Waals surface area contributed by atoms with Crippen molar-refractivity contribution < 1.29 is 9.84 Å². The third-order valence-corrected chi connectivity index (χ3v) is 3.90. The van der Waals surface area contributed by atoms with E-state index in [1.54, 1.807) is 0 Å². The van der Waals surface area contributed by atoms with E-state index in [0.29, 0.717) is 12.6 Å². The van der Waals surface area contributed by atoms with E-state index in [9.17, 15) is 5.11 Å². The predicted octanol–water partition coefficient (Wildman–Crippen LogP) is 3.73. The van der Waals surface area contributed by atoms with Crippen LogP contribution < -0.4 is 10.1 Å². The molecule has 0 heterocycles. The molecule has 0 amide bonds. The predicted molar refractivity (Wildman–Crippen MR) is 94.8 cm³/mol. The minimum atomic E-state index is -0.385. The SMILES string of the molecule is CC[C@@H](O)c1ccc(OCCN[C@H](C)Cc2ccccc2)cc1. The van der Waals surface area contributed by atoms with Crippen molar-refractivity contribution in [3.8, 4) is 5.75 Å². The fraction of sp³-hybridized carbons (Fsp3) is 0.400. The second-order valence-corrected chi connectivity index (χ2v) is 5.89. The molecule has 0 spiro atoms. The second-order valence-electron chi connectivity index (χ2n) is 5.89. The summed E-state index contributed by atoms with van der Waals surface area (Å²) in [6.45, 7) is 5.60. The fourth-order valence-electron chi connectivity index (χ4n) is 2.54. The summed E-state index contributed by atoms with van der Waals surface area (Å²) in [5.41, 5.74) is 2.29. The third-order valence-electron chi connectivity index (χ3n) is 3.90. The summed E-state index contributed by atoms with van der Waals surface area (Å²) in [6.07, 6.45) is 1.36. The van der Waals surface area contributed by atoms with Crippen LogP contribution in [0.15, 0.2) is 54.6 Å². The van der Waals surface area contributed by atoms with Crippen molar-refractivity contribution in [1.29, 1.82) is 0 Å². The van der Waals surface area contributed by atoms with Crippen LogP contribution in [0.5, 0.6) is 5.75 Å². The lowest BCUT2D eigenvalue weighted by Crippen LogP contribution is -2.31. The van der Waals surface area contributed by atoms with Crippen LogP contribution in [0.4, 0.5) is 0 Å². The first kappa shape index (κ1) is 17.5. The Morgan fingerprint density at radius 2 is 1.74 bits per heavy atom. The number of aliphatic hydroxyl groups is 1. The zero-order chi connectivity index (χ0) is 16.5. The van der Waals surface area contributed by atoms with Crippen LogP contribution in [0.1, 0.15) is 37.5 Å². The number of rotatable bonds is 9. The van der Waals surface area contributed by atoms with E-state index in [1.807, 2.05) is 37.3 Å². The largest absolute Gasteiger partial charge is 0.492 e. The standard InChI is InChI=1S/C20H27NO2/c1-3-20(22)18-9-11-19(12-10-18)23-14-13-21-16(2)15-17-7-5-4-6-8-17/h4-12,16,20-22H,3,13-15H2,1-2H3/t16-,20-/m1/s1. The molecule has 0 aromatic heterocycles. The molecule has 2 N–H and O–H groups in total. The van der Waals surface area contributed by atoms with Gasteiger partial charge in [0, 0.05) is 12.6 Å². The minimum absolute atomic E-state index is 0.385. The lowest BCUT2D eigenvalue weighted by atomic mass is 10.1. The molecule has 124 valence electrons. The lowest BCUT2D eigenvalue weighted by molar-refractivity contribution is 0.173.